The molecule has 3 rings (SSSR count). The van der Waals surface area contributed by atoms with Crippen molar-refractivity contribution in [2.45, 2.75) is 18.9 Å². The van der Waals surface area contributed by atoms with E-state index >= 15 is 0 Å². The molecule has 1 saturated heterocycles. The normalized spacial score (nSPS) is 16.7. The van der Waals surface area contributed by atoms with E-state index in [1.807, 2.05) is 18.2 Å². The van der Waals surface area contributed by atoms with Crippen LogP contribution in [0.15, 0.2) is 29.6 Å². The second-order valence-electron chi connectivity index (χ2n) is 5.96. The summed E-state index contributed by atoms with van der Waals surface area (Å²) in [5.74, 6) is -0.234. The van der Waals surface area contributed by atoms with Crippen LogP contribution in [0.25, 0.3) is 10.6 Å². The van der Waals surface area contributed by atoms with Crippen LogP contribution in [0.3, 0.4) is 0 Å². The van der Waals surface area contributed by atoms with Gasteiger partial charge in [-0.2, -0.15) is 0 Å². The van der Waals surface area contributed by atoms with Gasteiger partial charge in [-0.3, -0.25) is 4.79 Å². The molecule has 134 valence electrons. The summed E-state index contributed by atoms with van der Waals surface area (Å²) in [6, 6.07) is 7.29. The Balaban J connectivity index is 1.61. The monoisotopic (exact) mass is 399 g/mol. The minimum atomic E-state index is -3.16. The van der Waals surface area contributed by atoms with Gasteiger partial charge in [-0.25, -0.2) is 17.7 Å². The highest BCUT2D eigenvalue weighted by molar-refractivity contribution is 7.88. The lowest BCUT2D eigenvalue weighted by Gasteiger charge is -2.30. The van der Waals surface area contributed by atoms with E-state index in [9.17, 15) is 13.2 Å². The van der Waals surface area contributed by atoms with E-state index in [2.05, 4.69) is 10.3 Å². The lowest BCUT2D eigenvalue weighted by Crippen LogP contribution is -2.46. The van der Waals surface area contributed by atoms with Crippen LogP contribution in [-0.4, -0.2) is 49.0 Å². The average molecular weight is 400 g/mol. The number of hydrogen-bond donors (Lipinski definition) is 1. The first-order valence-corrected chi connectivity index (χ1v) is 10.9. The van der Waals surface area contributed by atoms with Crippen LogP contribution in [-0.2, 0) is 10.0 Å². The Labute approximate surface area is 155 Å². The van der Waals surface area contributed by atoms with Crippen molar-refractivity contribution in [1.82, 2.24) is 14.6 Å². The van der Waals surface area contributed by atoms with E-state index in [-0.39, 0.29) is 11.9 Å². The summed E-state index contributed by atoms with van der Waals surface area (Å²) in [6.07, 6.45) is 2.41. The zero-order valence-electron chi connectivity index (χ0n) is 13.6. The maximum Gasteiger partial charge on any atom is 0.270 e. The molecule has 6 nitrogen and oxygen atoms in total. The molecular weight excluding hydrogens is 382 g/mol. The third-order valence-corrected chi connectivity index (χ3v) is 6.50. The Morgan fingerprint density at radius 2 is 2.08 bits per heavy atom. The number of benzene rings is 1. The van der Waals surface area contributed by atoms with E-state index in [0.29, 0.717) is 36.6 Å². The predicted octanol–water partition coefficient (Wildman–Crippen LogP) is 2.62. The van der Waals surface area contributed by atoms with E-state index in [4.69, 9.17) is 11.6 Å². The SMILES string of the molecule is CS(=O)(=O)N1CCC(NC(=O)c2csc(-c3cccc(Cl)c3)n2)CC1. The van der Waals surface area contributed by atoms with Crippen LogP contribution >= 0.6 is 22.9 Å². The zero-order valence-corrected chi connectivity index (χ0v) is 16.0. The highest BCUT2D eigenvalue weighted by Gasteiger charge is 2.26. The smallest absolute Gasteiger partial charge is 0.270 e. The lowest BCUT2D eigenvalue weighted by molar-refractivity contribution is 0.0919. The highest BCUT2D eigenvalue weighted by atomic mass is 35.5. The number of aromatic nitrogens is 1. The molecule has 9 heteroatoms. The number of rotatable bonds is 4. The van der Waals surface area contributed by atoms with Crippen LogP contribution in [0.4, 0.5) is 0 Å². The van der Waals surface area contributed by atoms with Crippen LogP contribution < -0.4 is 5.32 Å². The number of carbonyl (C=O) groups excluding carboxylic acids is 1. The molecule has 2 aromatic rings. The van der Waals surface area contributed by atoms with Crippen molar-refractivity contribution in [2.75, 3.05) is 19.3 Å². The molecule has 0 unspecified atom stereocenters. The van der Waals surface area contributed by atoms with Crippen molar-refractivity contribution >= 4 is 38.9 Å². The summed E-state index contributed by atoms with van der Waals surface area (Å²) >= 11 is 7.37. The van der Waals surface area contributed by atoms with E-state index in [1.54, 1.807) is 11.4 Å². The van der Waals surface area contributed by atoms with Gasteiger partial charge in [0.15, 0.2) is 0 Å². The van der Waals surface area contributed by atoms with Crippen molar-refractivity contribution in [3.8, 4) is 10.6 Å². The molecule has 1 aliphatic heterocycles. The summed E-state index contributed by atoms with van der Waals surface area (Å²) in [4.78, 5) is 16.8. The van der Waals surface area contributed by atoms with Gasteiger partial charge in [-0.15, -0.1) is 11.3 Å². The van der Waals surface area contributed by atoms with Crippen molar-refractivity contribution in [1.29, 1.82) is 0 Å². The van der Waals surface area contributed by atoms with E-state index < -0.39 is 10.0 Å². The minimum Gasteiger partial charge on any atom is -0.348 e. The molecule has 0 radical (unpaired) electrons. The fraction of sp³-hybridized carbons (Fsp3) is 0.375. The van der Waals surface area contributed by atoms with Crippen LogP contribution in [0.1, 0.15) is 23.3 Å². The molecular formula is C16H18ClN3O3S2. The fourth-order valence-corrected chi connectivity index (χ4v) is 4.58. The van der Waals surface area contributed by atoms with E-state index in [1.165, 1.54) is 21.9 Å². The predicted molar refractivity (Wildman–Crippen MR) is 99.5 cm³/mol. The number of sulfonamides is 1. The molecule has 25 heavy (non-hydrogen) atoms. The summed E-state index contributed by atoms with van der Waals surface area (Å²) in [6.45, 7) is 0.850. The molecule has 0 bridgehead atoms. The molecule has 1 fully saturated rings. The standard InChI is InChI=1S/C16H18ClN3O3S2/c1-25(22,23)20-7-5-13(6-8-20)18-15(21)14-10-24-16(19-14)11-3-2-4-12(17)9-11/h2-4,9-10,13H,5-8H2,1H3,(H,18,21). The Bertz CT molecular complexity index is 874. The van der Waals surface area contributed by atoms with Crippen molar-refractivity contribution < 1.29 is 13.2 Å². The number of nitrogens with one attached hydrogen (secondary N) is 1. The summed E-state index contributed by atoms with van der Waals surface area (Å²) in [5, 5.41) is 6.02. The van der Waals surface area contributed by atoms with Gasteiger partial charge in [-0.05, 0) is 25.0 Å². The molecule has 0 spiro atoms. The number of carbonyl (C=O) groups is 1. The van der Waals surface area contributed by atoms with Gasteiger partial charge in [0.1, 0.15) is 10.7 Å². The second-order valence-corrected chi connectivity index (χ2v) is 9.23. The highest BCUT2D eigenvalue weighted by Crippen LogP contribution is 2.26. The Hall–Kier alpha value is -1.48. The van der Waals surface area contributed by atoms with Crippen molar-refractivity contribution in [3.63, 3.8) is 0 Å². The quantitative estimate of drug-likeness (QED) is 0.857. The van der Waals surface area contributed by atoms with Gasteiger partial charge in [0.2, 0.25) is 10.0 Å². The fourth-order valence-electron chi connectivity index (χ4n) is 2.72. The number of amides is 1. The van der Waals surface area contributed by atoms with Gasteiger partial charge in [0.25, 0.3) is 5.91 Å². The van der Waals surface area contributed by atoms with Gasteiger partial charge >= 0.3 is 0 Å². The van der Waals surface area contributed by atoms with Crippen LogP contribution in [0, 0.1) is 0 Å². The number of halogens is 1. The average Bonchev–Trinajstić information content (AvgIpc) is 3.05. The third-order valence-electron chi connectivity index (χ3n) is 4.07. The number of hydrogen-bond acceptors (Lipinski definition) is 5. The zero-order chi connectivity index (χ0) is 18.0. The van der Waals surface area contributed by atoms with Gasteiger partial charge in [-0.1, -0.05) is 23.7 Å². The Morgan fingerprint density at radius 1 is 1.36 bits per heavy atom. The van der Waals surface area contributed by atoms with Crippen LogP contribution in [0.2, 0.25) is 5.02 Å². The van der Waals surface area contributed by atoms with Gasteiger partial charge in [0, 0.05) is 35.1 Å². The second kappa shape index (κ2) is 7.41. The topological polar surface area (TPSA) is 79.4 Å². The molecule has 0 aliphatic carbocycles. The number of nitrogens with zero attached hydrogens (tertiary/aromatic N) is 2. The van der Waals surface area contributed by atoms with Crippen molar-refractivity contribution in [2.24, 2.45) is 0 Å². The first kappa shape index (κ1) is 18.3. The molecule has 1 aliphatic rings. The van der Waals surface area contributed by atoms with Crippen molar-refractivity contribution in [3.05, 3.63) is 40.4 Å². The third kappa shape index (κ3) is 4.58. The molecule has 0 saturated carbocycles. The number of piperidine rings is 1. The van der Waals surface area contributed by atoms with Crippen LogP contribution in [0.5, 0.6) is 0 Å². The Kier molecular flexibility index (Phi) is 5.43. The molecule has 1 amide bonds. The summed E-state index contributed by atoms with van der Waals surface area (Å²) < 4.78 is 24.5. The maximum absolute atomic E-state index is 12.4. The van der Waals surface area contributed by atoms with Gasteiger partial charge in [0.05, 0.1) is 6.26 Å². The lowest BCUT2D eigenvalue weighted by atomic mass is 10.1. The molecule has 1 aromatic heterocycles. The molecule has 2 heterocycles. The first-order chi connectivity index (χ1) is 11.8. The minimum absolute atomic E-state index is 0.0400. The molecule has 0 atom stereocenters. The van der Waals surface area contributed by atoms with E-state index in [0.717, 1.165) is 10.6 Å². The molecule has 1 aromatic carbocycles. The summed E-state index contributed by atoms with van der Waals surface area (Å²) in [5.41, 5.74) is 1.24. The van der Waals surface area contributed by atoms with Gasteiger partial charge < -0.3 is 5.32 Å². The number of thiazole rings is 1. The molecule has 1 N–H and O–H groups in total. The Morgan fingerprint density at radius 3 is 2.72 bits per heavy atom. The summed E-state index contributed by atoms with van der Waals surface area (Å²) in [7, 11) is -3.16. The first-order valence-electron chi connectivity index (χ1n) is 7.80. The largest absolute Gasteiger partial charge is 0.348 e. The maximum atomic E-state index is 12.4.